The van der Waals surface area contributed by atoms with Gasteiger partial charge in [0.15, 0.2) is 0 Å². The standard InChI is InChI=1S/C14H26N4/c1-5-18(10-6-9-17(3)4)12-13-7-8-14(15-2)16-11-13/h7-8,11H,5-6,9-10,12H2,1-4H3,(H,15,16). The van der Waals surface area contributed by atoms with Crippen LogP contribution in [0.2, 0.25) is 0 Å². The number of aromatic nitrogens is 1. The molecule has 0 amide bonds. The average molecular weight is 250 g/mol. The molecule has 0 bridgehead atoms. The van der Waals surface area contributed by atoms with Crippen LogP contribution in [0, 0.1) is 0 Å². The summed E-state index contributed by atoms with van der Waals surface area (Å²) in [7, 11) is 6.13. The van der Waals surface area contributed by atoms with Gasteiger partial charge in [-0.05, 0) is 51.8 Å². The Kier molecular flexibility index (Phi) is 6.68. The van der Waals surface area contributed by atoms with Crippen LogP contribution < -0.4 is 5.32 Å². The molecule has 1 aromatic rings. The van der Waals surface area contributed by atoms with Gasteiger partial charge in [0.2, 0.25) is 0 Å². The lowest BCUT2D eigenvalue weighted by Crippen LogP contribution is -2.26. The van der Waals surface area contributed by atoms with Gasteiger partial charge in [0.1, 0.15) is 5.82 Å². The zero-order valence-electron chi connectivity index (χ0n) is 12.1. The molecule has 0 radical (unpaired) electrons. The van der Waals surface area contributed by atoms with Crippen molar-refractivity contribution in [1.29, 1.82) is 0 Å². The molecule has 0 saturated carbocycles. The lowest BCUT2D eigenvalue weighted by Gasteiger charge is -2.21. The fourth-order valence-corrected chi connectivity index (χ4v) is 1.88. The summed E-state index contributed by atoms with van der Waals surface area (Å²) >= 11 is 0. The van der Waals surface area contributed by atoms with Crippen LogP contribution in [0.15, 0.2) is 18.3 Å². The van der Waals surface area contributed by atoms with E-state index >= 15 is 0 Å². The number of nitrogens with zero attached hydrogens (tertiary/aromatic N) is 3. The van der Waals surface area contributed by atoms with Crippen LogP contribution >= 0.6 is 0 Å². The molecule has 4 nitrogen and oxygen atoms in total. The van der Waals surface area contributed by atoms with Gasteiger partial charge in [-0.3, -0.25) is 4.90 Å². The van der Waals surface area contributed by atoms with Gasteiger partial charge < -0.3 is 10.2 Å². The van der Waals surface area contributed by atoms with Crippen molar-refractivity contribution in [2.24, 2.45) is 0 Å². The average Bonchev–Trinajstić information content (AvgIpc) is 2.38. The monoisotopic (exact) mass is 250 g/mol. The minimum absolute atomic E-state index is 0.925. The van der Waals surface area contributed by atoms with Crippen LogP contribution in [0.25, 0.3) is 0 Å². The van der Waals surface area contributed by atoms with Gasteiger partial charge in [-0.1, -0.05) is 13.0 Å². The number of hydrogen-bond acceptors (Lipinski definition) is 4. The van der Waals surface area contributed by atoms with Crippen molar-refractivity contribution in [3.05, 3.63) is 23.9 Å². The van der Waals surface area contributed by atoms with E-state index in [4.69, 9.17) is 0 Å². The number of anilines is 1. The second-order valence-electron chi connectivity index (χ2n) is 4.83. The van der Waals surface area contributed by atoms with Crippen molar-refractivity contribution < 1.29 is 0 Å². The van der Waals surface area contributed by atoms with Gasteiger partial charge in [0.25, 0.3) is 0 Å². The second kappa shape index (κ2) is 8.06. The number of nitrogens with one attached hydrogen (secondary N) is 1. The first-order valence-corrected chi connectivity index (χ1v) is 6.65. The summed E-state index contributed by atoms with van der Waals surface area (Å²) in [6, 6.07) is 4.18. The maximum absolute atomic E-state index is 4.35. The van der Waals surface area contributed by atoms with E-state index in [0.717, 1.165) is 32.0 Å². The molecule has 1 N–H and O–H groups in total. The summed E-state index contributed by atoms with van der Waals surface area (Å²) in [5.41, 5.74) is 1.28. The number of pyridine rings is 1. The summed E-state index contributed by atoms with van der Waals surface area (Å²) in [4.78, 5) is 9.04. The lowest BCUT2D eigenvalue weighted by atomic mass is 10.2. The number of hydrogen-bond donors (Lipinski definition) is 1. The lowest BCUT2D eigenvalue weighted by molar-refractivity contribution is 0.259. The highest BCUT2D eigenvalue weighted by Gasteiger charge is 2.04. The topological polar surface area (TPSA) is 31.4 Å². The van der Waals surface area contributed by atoms with Gasteiger partial charge in [-0.2, -0.15) is 0 Å². The molecule has 102 valence electrons. The Morgan fingerprint density at radius 3 is 2.50 bits per heavy atom. The molecule has 0 saturated heterocycles. The van der Waals surface area contributed by atoms with E-state index in [1.807, 2.05) is 19.3 Å². The molecule has 1 rings (SSSR count). The minimum atomic E-state index is 0.925. The predicted octanol–water partition coefficient (Wildman–Crippen LogP) is 1.90. The third-order valence-corrected chi connectivity index (χ3v) is 3.01. The van der Waals surface area contributed by atoms with Gasteiger partial charge >= 0.3 is 0 Å². The van der Waals surface area contributed by atoms with Gasteiger partial charge in [0.05, 0.1) is 0 Å². The molecule has 1 heterocycles. The minimum Gasteiger partial charge on any atom is -0.373 e. The molecule has 0 aliphatic rings. The highest BCUT2D eigenvalue weighted by atomic mass is 15.1. The van der Waals surface area contributed by atoms with Crippen LogP contribution in [0.1, 0.15) is 18.9 Å². The Balaban J connectivity index is 2.41. The molecule has 0 spiro atoms. The van der Waals surface area contributed by atoms with Gasteiger partial charge in [-0.15, -0.1) is 0 Å². The number of rotatable bonds is 8. The van der Waals surface area contributed by atoms with Crippen molar-refractivity contribution in [2.75, 3.05) is 46.1 Å². The largest absolute Gasteiger partial charge is 0.373 e. The first-order chi connectivity index (χ1) is 8.65. The summed E-state index contributed by atoms with van der Waals surface area (Å²) in [5.74, 6) is 0.925. The van der Waals surface area contributed by atoms with Crippen molar-refractivity contribution in [3.8, 4) is 0 Å². The fourth-order valence-electron chi connectivity index (χ4n) is 1.88. The van der Waals surface area contributed by atoms with Crippen molar-refractivity contribution in [2.45, 2.75) is 19.9 Å². The highest BCUT2D eigenvalue weighted by molar-refractivity contribution is 5.34. The molecule has 0 atom stereocenters. The Labute approximate surface area is 111 Å². The maximum atomic E-state index is 4.35. The SMILES string of the molecule is CCN(CCCN(C)C)Cc1ccc(NC)nc1. The van der Waals surface area contributed by atoms with E-state index in [0.29, 0.717) is 0 Å². The summed E-state index contributed by atoms with van der Waals surface area (Å²) < 4.78 is 0. The van der Waals surface area contributed by atoms with E-state index in [1.165, 1.54) is 12.0 Å². The molecule has 0 unspecified atom stereocenters. The van der Waals surface area contributed by atoms with E-state index in [-0.39, 0.29) is 0 Å². The van der Waals surface area contributed by atoms with E-state index < -0.39 is 0 Å². The Morgan fingerprint density at radius 2 is 2.00 bits per heavy atom. The van der Waals surface area contributed by atoms with Gasteiger partial charge in [0, 0.05) is 19.8 Å². The highest BCUT2D eigenvalue weighted by Crippen LogP contribution is 2.07. The van der Waals surface area contributed by atoms with E-state index in [2.05, 4.69) is 47.2 Å². The van der Waals surface area contributed by atoms with Crippen LogP contribution in [0.5, 0.6) is 0 Å². The molecular formula is C14H26N4. The molecule has 0 aliphatic heterocycles. The molecule has 1 aromatic heterocycles. The summed E-state index contributed by atoms with van der Waals surface area (Å²) in [6.07, 6.45) is 3.17. The zero-order valence-corrected chi connectivity index (χ0v) is 12.1. The second-order valence-corrected chi connectivity index (χ2v) is 4.83. The molecule has 0 aromatic carbocycles. The predicted molar refractivity (Wildman–Crippen MR) is 77.9 cm³/mol. The first-order valence-electron chi connectivity index (χ1n) is 6.65. The fraction of sp³-hybridized carbons (Fsp3) is 0.643. The van der Waals surface area contributed by atoms with E-state index in [1.54, 1.807) is 0 Å². The Hall–Kier alpha value is -1.13. The van der Waals surface area contributed by atoms with Crippen molar-refractivity contribution >= 4 is 5.82 Å². The third-order valence-electron chi connectivity index (χ3n) is 3.01. The quantitative estimate of drug-likeness (QED) is 0.763. The molecule has 0 fully saturated rings. The van der Waals surface area contributed by atoms with Crippen LogP contribution in [-0.4, -0.2) is 55.6 Å². The Morgan fingerprint density at radius 1 is 1.22 bits per heavy atom. The van der Waals surface area contributed by atoms with Crippen molar-refractivity contribution in [1.82, 2.24) is 14.8 Å². The van der Waals surface area contributed by atoms with Crippen LogP contribution in [0.4, 0.5) is 5.82 Å². The zero-order chi connectivity index (χ0) is 13.4. The van der Waals surface area contributed by atoms with E-state index in [9.17, 15) is 0 Å². The normalized spacial score (nSPS) is 11.2. The van der Waals surface area contributed by atoms with Crippen LogP contribution in [0.3, 0.4) is 0 Å². The van der Waals surface area contributed by atoms with Gasteiger partial charge in [-0.25, -0.2) is 4.98 Å². The van der Waals surface area contributed by atoms with Crippen LogP contribution in [-0.2, 0) is 6.54 Å². The Bertz CT molecular complexity index is 321. The van der Waals surface area contributed by atoms with Crippen molar-refractivity contribution in [3.63, 3.8) is 0 Å². The first kappa shape index (κ1) is 14.9. The molecule has 4 heteroatoms. The molecule has 18 heavy (non-hydrogen) atoms. The smallest absolute Gasteiger partial charge is 0.125 e. The summed E-state index contributed by atoms with van der Waals surface area (Å²) in [6.45, 7) is 6.57. The summed E-state index contributed by atoms with van der Waals surface area (Å²) in [5, 5.41) is 3.04. The third kappa shape index (κ3) is 5.47. The maximum Gasteiger partial charge on any atom is 0.125 e. The molecular weight excluding hydrogens is 224 g/mol. The molecule has 0 aliphatic carbocycles.